The molecule has 2 rings (SSSR count). The third-order valence-corrected chi connectivity index (χ3v) is 3.45. The van der Waals surface area contributed by atoms with E-state index >= 15 is 0 Å². The number of ketones is 1. The second-order valence-electron chi connectivity index (χ2n) is 4.30. The summed E-state index contributed by atoms with van der Waals surface area (Å²) in [5.41, 5.74) is 0. The van der Waals surface area contributed by atoms with Gasteiger partial charge in [-0.15, -0.1) is 0 Å². The van der Waals surface area contributed by atoms with Gasteiger partial charge < -0.3 is 10.2 Å². The lowest BCUT2D eigenvalue weighted by Gasteiger charge is -2.38. The number of aliphatic hydroxyl groups excluding tert-OH is 2. The lowest BCUT2D eigenvalue weighted by molar-refractivity contribution is -0.125. The Morgan fingerprint density at radius 2 is 1.71 bits per heavy atom. The summed E-state index contributed by atoms with van der Waals surface area (Å²) in [5.74, 6) is 0.336. The number of hydrogen-bond acceptors (Lipinski definition) is 4. The van der Waals surface area contributed by atoms with Gasteiger partial charge in [0.25, 0.3) is 0 Å². The van der Waals surface area contributed by atoms with Gasteiger partial charge in [0.05, 0.1) is 19.3 Å². The van der Waals surface area contributed by atoms with E-state index < -0.39 is 0 Å². The second-order valence-corrected chi connectivity index (χ2v) is 4.30. The van der Waals surface area contributed by atoms with Gasteiger partial charge >= 0.3 is 0 Å². The van der Waals surface area contributed by atoms with Gasteiger partial charge in [-0.1, -0.05) is 0 Å². The van der Waals surface area contributed by atoms with Crippen LogP contribution in [0.15, 0.2) is 0 Å². The van der Waals surface area contributed by atoms with Crippen molar-refractivity contribution < 1.29 is 15.0 Å². The molecule has 0 radical (unpaired) electrons. The summed E-state index contributed by atoms with van der Waals surface area (Å²) in [6.45, 7) is -0.0324. The van der Waals surface area contributed by atoms with Crippen molar-refractivity contribution in [1.29, 1.82) is 0 Å². The maximum absolute atomic E-state index is 11.3. The Bertz CT molecular complexity index is 211. The van der Waals surface area contributed by atoms with Crippen LogP contribution in [-0.4, -0.2) is 52.2 Å². The van der Waals surface area contributed by atoms with Crippen LogP contribution in [0.4, 0.5) is 0 Å². The summed E-state index contributed by atoms with van der Waals surface area (Å²) in [6.07, 6.45) is 3.28. The molecule has 2 atom stereocenters. The van der Waals surface area contributed by atoms with E-state index in [1.165, 1.54) is 0 Å². The van der Waals surface area contributed by atoms with Crippen molar-refractivity contribution in [3.05, 3.63) is 0 Å². The Hall–Kier alpha value is -0.450. The van der Waals surface area contributed by atoms with Gasteiger partial charge in [0.15, 0.2) is 0 Å². The van der Waals surface area contributed by atoms with E-state index in [0.29, 0.717) is 18.6 Å². The van der Waals surface area contributed by atoms with Crippen molar-refractivity contribution in [2.24, 2.45) is 0 Å². The van der Waals surface area contributed by atoms with E-state index in [0.717, 1.165) is 12.8 Å². The van der Waals surface area contributed by atoms with Crippen LogP contribution >= 0.6 is 0 Å². The summed E-state index contributed by atoms with van der Waals surface area (Å²) in [5, 5.41) is 18.2. The minimum Gasteiger partial charge on any atom is -0.395 e. The Labute approximate surface area is 83.5 Å². The first kappa shape index (κ1) is 10.1. The second kappa shape index (κ2) is 3.96. The topological polar surface area (TPSA) is 60.8 Å². The lowest BCUT2D eigenvalue weighted by Crippen LogP contribution is -2.51. The Morgan fingerprint density at radius 3 is 2.14 bits per heavy atom. The van der Waals surface area contributed by atoms with Crippen molar-refractivity contribution in [2.45, 2.75) is 43.8 Å². The molecule has 0 aromatic rings. The number of fused-ring (bicyclic) bond motifs is 2. The molecular weight excluding hydrogens is 182 g/mol. The van der Waals surface area contributed by atoms with Crippen molar-refractivity contribution in [2.75, 3.05) is 13.2 Å². The monoisotopic (exact) mass is 199 g/mol. The van der Waals surface area contributed by atoms with Crippen molar-refractivity contribution in [3.8, 4) is 0 Å². The molecule has 0 amide bonds. The number of nitrogens with zero attached hydrogens (tertiary/aromatic N) is 1. The molecule has 0 spiro atoms. The highest BCUT2D eigenvalue weighted by molar-refractivity contribution is 5.81. The van der Waals surface area contributed by atoms with Crippen molar-refractivity contribution >= 4 is 5.78 Å². The Kier molecular flexibility index (Phi) is 2.85. The first-order valence-electron chi connectivity index (χ1n) is 5.27. The summed E-state index contributed by atoms with van der Waals surface area (Å²) in [7, 11) is 0. The molecule has 2 aliphatic heterocycles. The van der Waals surface area contributed by atoms with Crippen molar-refractivity contribution in [1.82, 2.24) is 4.90 Å². The first-order valence-corrected chi connectivity index (χ1v) is 5.27. The third-order valence-electron chi connectivity index (χ3n) is 3.45. The van der Waals surface area contributed by atoms with Gasteiger partial charge in [-0.3, -0.25) is 9.69 Å². The SMILES string of the molecule is O=C1CC2CCC(C1)N2C(CO)CO. The summed E-state index contributed by atoms with van der Waals surface area (Å²) in [4.78, 5) is 13.5. The standard InChI is InChI=1S/C10H17NO3/c12-5-9(6-13)11-7-1-2-8(11)4-10(14)3-7/h7-9,12-13H,1-6H2. The number of carbonyl (C=O) groups is 1. The molecule has 0 aromatic heterocycles. The average Bonchev–Trinajstić information content (AvgIpc) is 2.45. The van der Waals surface area contributed by atoms with Crippen LogP contribution in [0.1, 0.15) is 25.7 Å². The molecule has 2 heterocycles. The normalized spacial score (nSPS) is 32.9. The molecule has 2 saturated heterocycles. The van der Waals surface area contributed by atoms with Gasteiger partial charge in [-0.2, -0.15) is 0 Å². The van der Waals surface area contributed by atoms with Gasteiger partial charge in [-0.25, -0.2) is 0 Å². The molecule has 2 bridgehead atoms. The zero-order valence-electron chi connectivity index (χ0n) is 8.22. The number of hydrogen-bond donors (Lipinski definition) is 2. The van der Waals surface area contributed by atoms with Crippen LogP contribution < -0.4 is 0 Å². The van der Waals surface area contributed by atoms with Crippen LogP contribution in [0.5, 0.6) is 0 Å². The lowest BCUT2D eigenvalue weighted by atomic mass is 9.99. The molecule has 2 aliphatic rings. The quantitative estimate of drug-likeness (QED) is 0.645. The van der Waals surface area contributed by atoms with E-state index in [2.05, 4.69) is 4.90 Å². The first-order chi connectivity index (χ1) is 6.76. The minimum atomic E-state index is -0.166. The van der Waals surface area contributed by atoms with Gasteiger partial charge in [0, 0.05) is 24.9 Å². The molecule has 2 N–H and O–H groups in total. The minimum absolute atomic E-state index is 0.0162. The van der Waals surface area contributed by atoms with Crippen LogP contribution in [-0.2, 0) is 4.79 Å². The number of piperidine rings is 1. The van der Waals surface area contributed by atoms with E-state index in [1.807, 2.05) is 0 Å². The Morgan fingerprint density at radius 1 is 1.21 bits per heavy atom. The maximum Gasteiger partial charge on any atom is 0.136 e. The summed E-state index contributed by atoms with van der Waals surface area (Å²) in [6, 6.07) is 0.372. The van der Waals surface area contributed by atoms with Gasteiger partial charge in [-0.05, 0) is 12.8 Å². The third kappa shape index (κ3) is 1.58. The van der Waals surface area contributed by atoms with E-state index in [-0.39, 0.29) is 31.3 Å². The molecular formula is C10H17NO3. The fraction of sp³-hybridized carbons (Fsp3) is 0.900. The summed E-state index contributed by atoms with van der Waals surface area (Å²) >= 11 is 0. The molecule has 0 aliphatic carbocycles. The van der Waals surface area contributed by atoms with Gasteiger partial charge in [0.1, 0.15) is 5.78 Å². The number of rotatable bonds is 3. The largest absolute Gasteiger partial charge is 0.395 e. The molecule has 80 valence electrons. The zero-order chi connectivity index (χ0) is 10.1. The summed E-state index contributed by atoms with van der Waals surface area (Å²) < 4.78 is 0. The predicted octanol–water partition coefficient (Wildman–Crippen LogP) is -0.464. The van der Waals surface area contributed by atoms with Crippen molar-refractivity contribution in [3.63, 3.8) is 0 Å². The fourth-order valence-corrected chi connectivity index (χ4v) is 2.85. The zero-order valence-corrected chi connectivity index (χ0v) is 8.22. The van der Waals surface area contributed by atoms with E-state index in [1.54, 1.807) is 0 Å². The Balaban J connectivity index is 2.09. The smallest absolute Gasteiger partial charge is 0.136 e. The molecule has 0 saturated carbocycles. The highest BCUT2D eigenvalue weighted by Crippen LogP contribution is 2.35. The van der Waals surface area contributed by atoms with Gasteiger partial charge in [0.2, 0.25) is 0 Å². The number of aliphatic hydroxyl groups is 2. The molecule has 0 aromatic carbocycles. The van der Waals surface area contributed by atoms with Crippen LogP contribution in [0, 0.1) is 0 Å². The molecule has 14 heavy (non-hydrogen) atoms. The number of Topliss-reactive ketones (excluding diaryl/α,β-unsaturated/α-hetero) is 1. The predicted molar refractivity (Wildman–Crippen MR) is 50.8 cm³/mol. The average molecular weight is 199 g/mol. The van der Waals surface area contributed by atoms with E-state index in [4.69, 9.17) is 10.2 Å². The highest BCUT2D eigenvalue weighted by Gasteiger charge is 2.42. The van der Waals surface area contributed by atoms with Crippen LogP contribution in [0.25, 0.3) is 0 Å². The maximum atomic E-state index is 11.3. The fourth-order valence-electron chi connectivity index (χ4n) is 2.85. The van der Waals surface area contributed by atoms with Crippen LogP contribution in [0.3, 0.4) is 0 Å². The molecule has 4 heteroatoms. The molecule has 4 nitrogen and oxygen atoms in total. The van der Waals surface area contributed by atoms with Crippen LogP contribution in [0.2, 0.25) is 0 Å². The molecule has 2 unspecified atom stereocenters. The van der Waals surface area contributed by atoms with E-state index in [9.17, 15) is 4.79 Å². The highest BCUT2D eigenvalue weighted by atomic mass is 16.3. The number of carbonyl (C=O) groups excluding carboxylic acids is 1. The molecule has 2 fully saturated rings.